The fourth-order valence-corrected chi connectivity index (χ4v) is 5.33. The Morgan fingerprint density at radius 2 is 2.10 bits per heavy atom. The second-order valence-electron chi connectivity index (χ2n) is 8.62. The summed E-state index contributed by atoms with van der Waals surface area (Å²) in [7, 11) is 0. The minimum atomic E-state index is 0.162. The van der Waals surface area contributed by atoms with E-state index >= 15 is 0 Å². The standard InChI is InChI=1S/C23H28N4OS/c1-15-3-5-21-19(11-15)20-12-17(4-6-22(20)25-21)23(28)27-9-7-26(8-10-27)13-18-14-29-16(2)24-18/h4,6,12,14-15,25H,3,5,7-11,13H2,1-2H3/t15-/m1/s1. The highest BCUT2D eigenvalue weighted by atomic mass is 32.1. The van der Waals surface area contributed by atoms with Crippen molar-refractivity contribution < 1.29 is 4.79 Å². The number of carbonyl (C=O) groups is 1. The number of H-pyrrole nitrogens is 1. The molecule has 3 heterocycles. The maximum atomic E-state index is 13.2. The predicted octanol–water partition coefficient (Wildman–Crippen LogP) is 4.02. The number of hydrogen-bond donors (Lipinski definition) is 1. The average molecular weight is 409 g/mol. The predicted molar refractivity (Wildman–Crippen MR) is 118 cm³/mol. The van der Waals surface area contributed by atoms with Crippen LogP contribution in [0.25, 0.3) is 10.9 Å². The summed E-state index contributed by atoms with van der Waals surface area (Å²) in [5, 5.41) is 4.50. The summed E-state index contributed by atoms with van der Waals surface area (Å²) < 4.78 is 0. The monoisotopic (exact) mass is 408 g/mol. The van der Waals surface area contributed by atoms with Gasteiger partial charge in [-0.05, 0) is 55.9 Å². The van der Waals surface area contributed by atoms with Crippen LogP contribution in [-0.4, -0.2) is 51.9 Å². The largest absolute Gasteiger partial charge is 0.358 e. The molecule has 5 nitrogen and oxygen atoms in total. The third kappa shape index (κ3) is 3.71. The van der Waals surface area contributed by atoms with E-state index in [1.807, 2.05) is 17.9 Å². The Kier molecular flexibility index (Phi) is 4.92. The van der Waals surface area contributed by atoms with Crippen LogP contribution in [0.1, 0.15) is 45.7 Å². The van der Waals surface area contributed by atoms with Crippen molar-refractivity contribution in [1.29, 1.82) is 0 Å². The summed E-state index contributed by atoms with van der Waals surface area (Å²) in [6.07, 6.45) is 3.48. The highest BCUT2D eigenvalue weighted by molar-refractivity contribution is 7.09. The van der Waals surface area contributed by atoms with Gasteiger partial charge in [0.25, 0.3) is 5.91 Å². The molecule has 1 atom stereocenters. The molecule has 0 spiro atoms. The van der Waals surface area contributed by atoms with Gasteiger partial charge in [-0.1, -0.05) is 6.92 Å². The molecule has 29 heavy (non-hydrogen) atoms. The van der Waals surface area contributed by atoms with Crippen LogP contribution in [0.5, 0.6) is 0 Å². The second kappa shape index (κ2) is 7.58. The summed E-state index contributed by atoms with van der Waals surface area (Å²) in [6.45, 7) is 8.62. The highest BCUT2D eigenvalue weighted by Crippen LogP contribution is 2.32. The van der Waals surface area contributed by atoms with Crippen molar-refractivity contribution in [2.24, 2.45) is 5.92 Å². The number of amides is 1. The van der Waals surface area contributed by atoms with E-state index in [0.717, 1.165) is 67.7 Å². The molecule has 2 aromatic heterocycles. The Morgan fingerprint density at radius 3 is 2.86 bits per heavy atom. The van der Waals surface area contributed by atoms with Crippen molar-refractivity contribution >= 4 is 28.1 Å². The van der Waals surface area contributed by atoms with Crippen LogP contribution < -0.4 is 0 Å². The molecule has 1 fully saturated rings. The van der Waals surface area contributed by atoms with Gasteiger partial charge in [0, 0.05) is 60.3 Å². The number of aromatic nitrogens is 2. The number of aryl methyl sites for hydroxylation is 2. The van der Waals surface area contributed by atoms with Crippen LogP contribution in [0.4, 0.5) is 0 Å². The molecule has 6 heteroatoms. The summed E-state index contributed by atoms with van der Waals surface area (Å²) in [4.78, 5) is 25.7. The summed E-state index contributed by atoms with van der Waals surface area (Å²) in [5.74, 6) is 0.880. The zero-order chi connectivity index (χ0) is 20.0. The van der Waals surface area contributed by atoms with Gasteiger partial charge in [0.15, 0.2) is 0 Å². The van der Waals surface area contributed by atoms with E-state index in [1.54, 1.807) is 11.3 Å². The van der Waals surface area contributed by atoms with E-state index in [2.05, 4.69) is 39.3 Å². The Morgan fingerprint density at radius 1 is 1.28 bits per heavy atom. The molecule has 5 rings (SSSR count). The highest BCUT2D eigenvalue weighted by Gasteiger charge is 2.24. The van der Waals surface area contributed by atoms with Gasteiger partial charge < -0.3 is 9.88 Å². The van der Waals surface area contributed by atoms with E-state index in [0.29, 0.717) is 0 Å². The molecular formula is C23H28N4OS. The molecule has 1 aliphatic carbocycles. The number of piperazine rings is 1. The minimum absolute atomic E-state index is 0.162. The van der Waals surface area contributed by atoms with Crippen LogP contribution in [0.3, 0.4) is 0 Å². The Hall–Kier alpha value is -2.18. The van der Waals surface area contributed by atoms with Gasteiger partial charge in [-0.15, -0.1) is 11.3 Å². The number of carbonyl (C=O) groups excluding carboxylic acids is 1. The lowest BCUT2D eigenvalue weighted by Gasteiger charge is -2.34. The normalized spacial score (nSPS) is 20.2. The molecule has 152 valence electrons. The topological polar surface area (TPSA) is 52.2 Å². The van der Waals surface area contributed by atoms with Crippen LogP contribution in [0.15, 0.2) is 23.6 Å². The van der Waals surface area contributed by atoms with Crippen molar-refractivity contribution in [1.82, 2.24) is 19.8 Å². The minimum Gasteiger partial charge on any atom is -0.358 e. The number of thiazole rings is 1. The van der Waals surface area contributed by atoms with Crippen molar-refractivity contribution in [2.75, 3.05) is 26.2 Å². The van der Waals surface area contributed by atoms with E-state index in [1.165, 1.54) is 28.6 Å². The fraction of sp³-hybridized carbons (Fsp3) is 0.478. The lowest BCUT2D eigenvalue weighted by molar-refractivity contribution is 0.0627. The second-order valence-corrected chi connectivity index (χ2v) is 9.68. The fourth-order valence-electron chi connectivity index (χ4n) is 4.73. The van der Waals surface area contributed by atoms with Crippen molar-refractivity contribution in [3.8, 4) is 0 Å². The van der Waals surface area contributed by atoms with Crippen molar-refractivity contribution in [3.05, 3.63) is 51.1 Å². The molecule has 0 radical (unpaired) electrons. The molecule has 1 N–H and O–H groups in total. The Bertz CT molecular complexity index is 1040. The molecule has 1 aromatic carbocycles. The SMILES string of the molecule is Cc1nc(CN2CCN(C(=O)c3ccc4[nH]c5c(c4c3)C[C@H](C)CC5)CC2)cs1. The van der Waals surface area contributed by atoms with E-state index in [9.17, 15) is 4.79 Å². The van der Waals surface area contributed by atoms with Gasteiger partial charge in [-0.3, -0.25) is 9.69 Å². The van der Waals surface area contributed by atoms with Crippen LogP contribution in [0, 0.1) is 12.8 Å². The molecule has 1 saturated heterocycles. The van der Waals surface area contributed by atoms with Gasteiger partial charge >= 0.3 is 0 Å². The summed E-state index contributed by atoms with van der Waals surface area (Å²) >= 11 is 1.70. The Balaban J connectivity index is 1.28. The van der Waals surface area contributed by atoms with Gasteiger partial charge in [0.2, 0.25) is 0 Å². The van der Waals surface area contributed by atoms with Crippen LogP contribution in [-0.2, 0) is 19.4 Å². The van der Waals surface area contributed by atoms with Crippen molar-refractivity contribution in [3.63, 3.8) is 0 Å². The maximum absolute atomic E-state index is 13.2. The average Bonchev–Trinajstić information content (AvgIpc) is 3.30. The molecule has 0 unspecified atom stereocenters. The number of nitrogens with one attached hydrogen (secondary N) is 1. The third-order valence-electron chi connectivity index (χ3n) is 6.39. The molecule has 1 amide bonds. The van der Waals surface area contributed by atoms with Gasteiger partial charge in [0.05, 0.1) is 10.7 Å². The van der Waals surface area contributed by atoms with Crippen molar-refractivity contribution in [2.45, 2.75) is 39.7 Å². The van der Waals surface area contributed by atoms with Gasteiger partial charge in [-0.25, -0.2) is 4.98 Å². The number of hydrogen-bond acceptors (Lipinski definition) is 4. The molecule has 2 aliphatic rings. The summed E-state index contributed by atoms with van der Waals surface area (Å²) in [6, 6.07) is 6.20. The number of benzene rings is 1. The zero-order valence-electron chi connectivity index (χ0n) is 17.2. The molecule has 3 aromatic rings. The molecule has 1 aliphatic heterocycles. The molecular weight excluding hydrogens is 380 g/mol. The molecule has 0 saturated carbocycles. The van der Waals surface area contributed by atoms with Gasteiger partial charge in [-0.2, -0.15) is 0 Å². The lowest BCUT2D eigenvalue weighted by Crippen LogP contribution is -2.48. The first-order valence-electron chi connectivity index (χ1n) is 10.6. The van der Waals surface area contributed by atoms with E-state index in [-0.39, 0.29) is 5.91 Å². The Labute approximate surface area is 175 Å². The first kappa shape index (κ1) is 18.8. The van der Waals surface area contributed by atoms with Gasteiger partial charge in [0.1, 0.15) is 0 Å². The lowest BCUT2D eigenvalue weighted by atomic mass is 9.87. The van der Waals surface area contributed by atoms with E-state index in [4.69, 9.17) is 0 Å². The third-order valence-corrected chi connectivity index (χ3v) is 7.22. The van der Waals surface area contributed by atoms with Crippen LogP contribution >= 0.6 is 11.3 Å². The van der Waals surface area contributed by atoms with E-state index < -0.39 is 0 Å². The number of aromatic amines is 1. The number of nitrogens with zero attached hydrogens (tertiary/aromatic N) is 3. The maximum Gasteiger partial charge on any atom is 0.253 e. The van der Waals surface area contributed by atoms with Crippen LogP contribution in [0.2, 0.25) is 0 Å². The smallest absolute Gasteiger partial charge is 0.253 e. The zero-order valence-corrected chi connectivity index (χ0v) is 18.0. The summed E-state index contributed by atoms with van der Waals surface area (Å²) in [5.41, 5.74) is 5.93. The number of rotatable bonds is 3. The first-order chi connectivity index (χ1) is 14.1. The number of fused-ring (bicyclic) bond motifs is 3. The molecule has 0 bridgehead atoms. The quantitative estimate of drug-likeness (QED) is 0.712. The first-order valence-corrected chi connectivity index (χ1v) is 11.5.